The van der Waals surface area contributed by atoms with E-state index in [4.69, 9.17) is 9.84 Å². The molecule has 5 nitrogen and oxygen atoms in total. The summed E-state index contributed by atoms with van der Waals surface area (Å²) in [6, 6.07) is 21.0. The number of carboxylic acid groups (broad SMARTS) is 1. The van der Waals surface area contributed by atoms with Crippen molar-refractivity contribution in [1.82, 2.24) is 0 Å². The van der Waals surface area contributed by atoms with Crippen LogP contribution in [-0.2, 0) is 12.0 Å². The van der Waals surface area contributed by atoms with Gasteiger partial charge in [0.15, 0.2) is 0 Å². The second kappa shape index (κ2) is 11.7. The summed E-state index contributed by atoms with van der Waals surface area (Å²) in [6.45, 7) is 8.95. The quantitative estimate of drug-likeness (QED) is 0.349. The Morgan fingerprint density at radius 2 is 1.68 bits per heavy atom. The van der Waals surface area contributed by atoms with Crippen molar-refractivity contribution in [2.45, 2.75) is 58.2 Å². The van der Waals surface area contributed by atoms with E-state index in [0.29, 0.717) is 6.61 Å². The number of aromatic carboxylic acids is 1. The number of benzene rings is 3. The SMILES string of the molecule is CC(C)(C)c1cc(C(O)C=Cc2ccc(C(=O)O)cc2)cc(N2CCCCC2)c1OCc1ccccc1. The Labute approximate surface area is 220 Å². The van der Waals surface area contributed by atoms with Gasteiger partial charge in [-0.3, -0.25) is 0 Å². The molecule has 5 heteroatoms. The zero-order valence-corrected chi connectivity index (χ0v) is 22.0. The van der Waals surface area contributed by atoms with E-state index in [1.807, 2.05) is 24.3 Å². The van der Waals surface area contributed by atoms with Crippen molar-refractivity contribution in [3.8, 4) is 5.75 Å². The Morgan fingerprint density at radius 1 is 1.00 bits per heavy atom. The molecular weight excluding hydrogens is 462 g/mol. The molecule has 1 heterocycles. The van der Waals surface area contributed by atoms with Gasteiger partial charge in [0.25, 0.3) is 0 Å². The maximum Gasteiger partial charge on any atom is 0.335 e. The van der Waals surface area contributed by atoms with Gasteiger partial charge in [-0.2, -0.15) is 0 Å². The summed E-state index contributed by atoms with van der Waals surface area (Å²) in [4.78, 5) is 13.5. The third kappa shape index (κ3) is 6.80. The first-order valence-corrected chi connectivity index (χ1v) is 13.0. The fraction of sp³-hybridized carbons (Fsp3) is 0.344. The molecule has 0 aliphatic carbocycles. The molecule has 4 rings (SSSR count). The first-order valence-electron chi connectivity index (χ1n) is 13.0. The molecule has 1 aliphatic rings. The van der Waals surface area contributed by atoms with E-state index in [1.54, 1.807) is 30.3 Å². The summed E-state index contributed by atoms with van der Waals surface area (Å²) in [5.41, 5.74) is 4.92. The van der Waals surface area contributed by atoms with Crippen LogP contribution in [-0.4, -0.2) is 29.3 Å². The number of ether oxygens (including phenoxy) is 1. The average Bonchev–Trinajstić information content (AvgIpc) is 2.91. The minimum Gasteiger partial charge on any atom is -0.486 e. The molecular formula is C32H37NO4. The van der Waals surface area contributed by atoms with E-state index < -0.39 is 12.1 Å². The molecule has 0 bridgehead atoms. The number of carbonyl (C=O) groups is 1. The number of rotatable bonds is 8. The third-order valence-corrected chi connectivity index (χ3v) is 6.79. The molecule has 3 aromatic rings. The monoisotopic (exact) mass is 499 g/mol. The second-order valence-corrected chi connectivity index (χ2v) is 10.7. The van der Waals surface area contributed by atoms with Crippen molar-refractivity contribution in [2.24, 2.45) is 0 Å². The van der Waals surface area contributed by atoms with Gasteiger partial charge in [-0.05, 0) is 65.6 Å². The molecule has 3 aromatic carbocycles. The van der Waals surface area contributed by atoms with E-state index in [1.165, 1.54) is 6.42 Å². The third-order valence-electron chi connectivity index (χ3n) is 6.79. The fourth-order valence-corrected chi connectivity index (χ4v) is 4.66. The Hall–Kier alpha value is -3.57. The number of nitrogens with zero attached hydrogens (tertiary/aromatic N) is 1. The minimum absolute atomic E-state index is 0.192. The molecule has 0 aromatic heterocycles. The molecule has 2 N–H and O–H groups in total. The second-order valence-electron chi connectivity index (χ2n) is 10.7. The zero-order valence-electron chi connectivity index (χ0n) is 22.0. The first kappa shape index (κ1) is 26.5. The van der Waals surface area contributed by atoms with Crippen molar-refractivity contribution in [2.75, 3.05) is 18.0 Å². The number of hydrogen-bond donors (Lipinski definition) is 2. The highest BCUT2D eigenvalue weighted by atomic mass is 16.5. The standard InChI is InChI=1S/C32H37NO4/c1-32(2,3)27-20-26(29(34)17-14-23-12-15-25(16-13-23)31(35)36)21-28(33-18-8-5-9-19-33)30(27)37-22-24-10-6-4-7-11-24/h4,6-7,10-17,20-21,29,34H,5,8-9,18-19,22H2,1-3H3,(H,35,36). The van der Waals surface area contributed by atoms with Crippen molar-refractivity contribution < 1.29 is 19.7 Å². The van der Waals surface area contributed by atoms with Gasteiger partial charge >= 0.3 is 5.97 Å². The zero-order chi connectivity index (χ0) is 26.4. The van der Waals surface area contributed by atoms with Gasteiger partial charge in [0.1, 0.15) is 12.4 Å². The van der Waals surface area contributed by atoms with E-state index in [0.717, 1.165) is 59.6 Å². The van der Waals surface area contributed by atoms with Gasteiger partial charge < -0.3 is 19.8 Å². The highest BCUT2D eigenvalue weighted by Gasteiger charge is 2.27. The molecule has 1 unspecified atom stereocenters. The summed E-state index contributed by atoms with van der Waals surface area (Å²) in [7, 11) is 0. The lowest BCUT2D eigenvalue weighted by Crippen LogP contribution is -2.30. The number of piperidine rings is 1. The number of anilines is 1. The molecule has 1 aliphatic heterocycles. The lowest BCUT2D eigenvalue weighted by molar-refractivity contribution is 0.0697. The molecule has 194 valence electrons. The summed E-state index contributed by atoms with van der Waals surface area (Å²) >= 11 is 0. The van der Waals surface area contributed by atoms with Crippen LogP contribution in [0.4, 0.5) is 5.69 Å². The molecule has 0 amide bonds. The van der Waals surface area contributed by atoms with E-state index >= 15 is 0 Å². The lowest BCUT2D eigenvalue weighted by Gasteiger charge is -2.34. The molecule has 1 fully saturated rings. The largest absolute Gasteiger partial charge is 0.486 e. The topological polar surface area (TPSA) is 70.0 Å². The van der Waals surface area contributed by atoms with Crippen LogP contribution >= 0.6 is 0 Å². The van der Waals surface area contributed by atoms with Crippen LogP contribution in [0, 0.1) is 0 Å². The molecule has 0 saturated carbocycles. The first-order chi connectivity index (χ1) is 17.7. The van der Waals surface area contributed by atoms with Crippen LogP contribution < -0.4 is 9.64 Å². The Kier molecular flexibility index (Phi) is 8.34. The molecule has 0 radical (unpaired) electrons. The van der Waals surface area contributed by atoms with Gasteiger partial charge in [0.05, 0.1) is 17.4 Å². The predicted molar refractivity (Wildman–Crippen MR) is 149 cm³/mol. The minimum atomic E-state index is -0.954. The highest BCUT2D eigenvalue weighted by Crippen LogP contribution is 2.43. The Morgan fingerprint density at radius 3 is 2.30 bits per heavy atom. The smallest absolute Gasteiger partial charge is 0.335 e. The summed E-state index contributed by atoms with van der Waals surface area (Å²) in [5, 5.41) is 20.3. The van der Waals surface area contributed by atoms with Gasteiger partial charge in [0, 0.05) is 18.7 Å². The molecule has 0 spiro atoms. The van der Waals surface area contributed by atoms with E-state index in [9.17, 15) is 9.90 Å². The van der Waals surface area contributed by atoms with Gasteiger partial charge in [-0.15, -0.1) is 0 Å². The average molecular weight is 500 g/mol. The summed E-state index contributed by atoms with van der Waals surface area (Å²) < 4.78 is 6.54. The van der Waals surface area contributed by atoms with Crippen LogP contribution in [0.15, 0.2) is 72.8 Å². The number of aliphatic hydroxyl groups excluding tert-OH is 1. The van der Waals surface area contributed by atoms with Crippen molar-refractivity contribution >= 4 is 17.7 Å². The fourth-order valence-electron chi connectivity index (χ4n) is 4.66. The number of hydrogen-bond acceptors (Lipinski definition) is 4. The molecule has 1 saturated heterocycles. The summed E-state index contributed by atoms with van der Waals surface area (Å²) in [5.74, 6) is -0.0625. The van der Waals surface area contributed by atoms with Crippen LogP contribution in [0.25, 0.3) is 6.08 Å². The van der Waals surface area contributed by atoms with Gasteiger partial charge in [0.2, 0.25) is 0 Å². The van der Waals surface area contributed by atoms with Crippen LogP contribution in [0.5, 0.6) is 5.75 Å². The maximum absolute atomic E-state index is 11.2. The Bertz CT molecular complexity index is 1220. The van der Waals surface area contributed by atoms with Crippen LogP contribution in [0.2, 0.25) is 0 Å². The normalized spacial score (nSPS) is 15.1. The highest BCUT2D eigenvalue weighted by molar-refractivity contribution is 5.87. The van der Waals surface area contributed by atoms with E-state index in [2.05, 4.69) is 49.9 Å². The lowest BCUT2D eigenvalue weighted by atomic mass is 9.83. The number of carboxylic acids is 1. The van der Waals surface area contributed by atoms with Gasteiger partial charge in [-0.25, -0.2) is 4.79 Å². The van der Waals surface area contributed by atoms with Crippen LogP contribution in [0.1, 0.15) is 78.7 Å². The van der Waals surface area contributed by atoms with Gasteiger partial charge in [-0.1, -0.05) is 75.4 Å². The Balaban J connectivity index is 1.69. The van der Waals surface area contributed by atoms with E-state index in [-0.39, 0.29) is 11.0 Å². The van der Waals surface area contributed by atoms with Crippen molar-refractivity contribution in [1.29, 1.82) is 0 Å². The molecule has 1 atom stereocenters. The van der Waals surface area contributed by atoms with Crippen LogP contribution in [0.3, 0.4) is 0 Å². The maximum atomic E-state index is 11.2. The number of aliphatic hydroxyl groups is 1. The molecule has 37 heavy (non-hydrogen) atoms. The summed E-state index contributed by atoms with van der Waals surface area (Å²) in [6.07, 6.45) is 6.28. The van der Waals surface area contributed by atoms with Crippen molar-refractivity contribution in [3.63, 3.8) is 0 Å². The predicted octanol–water partition coefficient (Wildman–Crippen LogP) is 7.00. The van der Waals surface area contributed by atoms with Crippen molar-refractivity contribution in [3.05, 3.63) is 101 Å².